The number of carbonyl (C=O) groups excluding carboxylic acids is 1. The van der Waals surface area contributed by atoms with Gasteiger partial charge in [0.15, 0.2) is 0 Å². The van der Waals surface area contributed by atoms with Gasteiger partial charge in [0.25, 0.3) is 0 Å². The first-order chi connectivity index (χ1) is 15.2. The minimum Gasteiger partial charge on any atom is -0.508 e. The van der Waals surface area contributed by atoms with Crippen molar-refractivity contribution in [1.29, 1.82) is 0 Å². The summed E-state index contributed by atoms with van der Waals surface area (Å²) in [5.74, 6) is -0.108. The molecule has 11 heteroatoms. The number of phenolic OH excluding ortho intramolecular Hbond substituents is 1. The summed E-state index contributed by atoms with van der Waals surface area (Å²) >= 11 is 0. The summed E-state index contributed by atoms with van der Waals surface area (Å²) in [6.45, 7) is 0. The fourth-order valence-electron chi connectivity index (χ4n) is 3.81. The van der Waals surface area contributed by atoms with Crippen LogP contribution in [0.5, 0.6) is 5.75 Å². The van der Waals surface area contributed by atoms with Crippen LogP contribution < -0.4 is 10.6 Å². The lowest BCUT2D eigenvalue weighted by atomic mass is 10.0. The minimum absolute atomic E-state index is 0.0307. The smallest absolute Gasteiger partial charge is 0.319 e. The third kappa shape index (κ3) is 4.88. The molecule has 176 valence electrons. The molecule has 3 aromatic carbocycles. The Hall–Kier alpha value is -3.31. The van der Waals surface area contributed by atoms with Gasteiger partial charge in [-0.3, -0.25) is 0 Å². The molecule has 4 rings (SSSR count). The first-order valence-corrected chi connectivity index (χ1v) is 11.7. The number of amides is 2. The van der Waals surface area contributed by atoms with Gasteiger partial charge in [-0.1, -0.05) is 61.9 Å². The molecule has 1 aliphatic carbocycles. The van der Waals surface area contributed by atoms with Gasteiger partial charge < -0.3 is 20.8 Å². The number of urea groups is 1. The Morgan fingerprint density at radius 1 is 0.939 bits per heavy atom. The monoisotopic (exact) mass is 486 g/mol. The van der Waals surface area contributed by atoms with Crippen LogP contribution in [0, 0.1) is 0 Å². The molecule has 0 saturated heterocycles. The van der Waals surface area contributed by atoms with Gasteiger partial charge in [-0.05, 0) is 41.0 Å². The van der Waals surface area contributed by atoms with E-state index in [0.717, 1.165) is 11.6 Å². The van der Waals surface area contributed by atoms with Gasteiger partial charge in [-0.2, -0.15) is 0 Å². The number of fused-ring (bicyclic) bond motifs is 1. The summed E-state index contributed by atoms with van der Waals surface area (Å²) in [5.41, 5.74) is 1.26. The standard InChI is InChI=1S/C22H19F5N2O3S/c23-33(24,25,26,27)16-9-10-17(13-5-7-15(30)8-6-13)19(12-16)28-22(32)29-21-18-4-2-1-3-14(18)11-20(21)31/h1-10,12,20-21,30-31H,11H2,(H2,28,29,32)/t20-,21+/m0/s1. The summed E-state index contributed by atoms with van der Waals surface area (Å²) in [5, 5.41) is 24.5. The molecule has 1 aliphatic rings. The highest BCUT2D eigenvalue weighted by Gasteiger charge is 2.65. The van der Waals surface area contributed by atoms with Crippen LogP contribution in [0.3, 0.4) is 0 Å². The zero-order valence-electron chi connectivity index (χ0n) is 16.8. The highest BCUT2D eigenvalue weighted by Crippen LogP contribution is 3.02. The van der Waals surface area contributed by atoms with Crippen molar-refractivity contribution >= 4 is 21.9 Å². The Morgan fingerprint density at radius 2 is 1.61 bits per heavy atom. The first-order valence-electron chi connectivity index (χ1n) is 9.72. The number of aliphatic hydroxyl groups is 1. The molecule has 0 aromatic heterocycles. The van der Waals surface area contributed by atoms with Crippen LogP contribution >= 0.6 is 10.2 Å². The Labute approximate surface area is 185 Å². The quantitative estimate of drug-likeness (QED) is 0.318. The van der Waals surface area contributed by atoms with E-state index in [-0.39, 0.29) is 35.4 Å². The van der Waals surface area contributed by atoms with Crippen LogP contribution in [0.2, 0.25) is 0 Å². The number of rotatable bonds is 4. The number of halogens is 5. The second kappa shape index (κ2) is 7.09. The van der Waals surface area contributed by atoms with Crippen LogP contribution in [0.25, 0.3) is 11.1 Å². The lowest BCUT2D eigenvalue weighted by Crippen LogP contribution is -2.37. The molecular formula is C22H19F5N2O3S. The lowest BCUT2D eigenvalue weighted by molar-refractivity contribution is 0.144. The molecule has 0 saturated carbocycles. The van der Waals surface area contributed by atoms with Crippen LogP contribution in [0.1, 0.15) is 17.2 Å². The van der Waals surface area contributed by atoms with Gasteiger partial charge in [0, 0.05) is 12.0 Å². The summed E-state index contributed by atoms with van der Waals surface area (Å²) in [4.78, 5) is 10.5. The number of hydrogen-bond donors (Lipinski definition) is 4. The molecule has 0 fully saturated rings. The predicted octanol–water partition coefficient (Wildman–Crippen LogP) is 6.50. The second-order valence-corrected chi connectivity index (χ2v) is 10.2. The van der Waals surface area contributed by atoms with E-state index in [1.54, 1.807) is 24.3 Å². The number of benzene rings is 3. The summed E-state index contributed by atoms with van der Waals surface area (Å²) in [6.07, 6.45) is -0.680. The molecule has 4 N–H and O–H groups in total. The number of nitrogens with one attached hydrogen (secondary N) is 2. The van der Waals surface area contributed by atoms with Crippen LogP contribution in [-0.2, 0) is 6.42 Å². The van der Waals surface area contributed by atoms with E-state index in [0.29, 0.717) is 5.56 Å². The highest BCUT2D eigenvalue weighted by atomic mass is 32.5. The molecule has 2 atom stereocenters. The van der Waals surface area contributed by atoms with Gasteiger partial charge in [-0.15, -0.1) is 0 Å². The summed E-state index contributed by atoms with van der Waals surface area (Å²) < 4.78 is 67.0. The number of aromatic hydroxyl groups is 1. The second-order valence-electron chi connectivity index (χ2n) is 7.77. The largest absolute Gasteiger partial charge is 0.508 e. The predicted molar refractivity (Wildman–Crippen MR) is 116 cm³/mol. The topological polar surface area (TPSA) is 81.6 Å². The van der Waals surface area contributed by atoms with E-state index >= 15 is 0 Å². The SMILES string of the molecule is O=C(Nc1cc(S(F)(F)(F)(F)F)ccc1-c1ccc(O)cc1)N[C@@H]1c2ccccc2C[C@@H]1O. The molecule has 33 heavy (non-hydrogen) atoms. The molecule has 3 aromatic rings. The summed E-state index contributed by atoms with van der Waals surface area (Å²) in [6, 6.07) is 11.7. The van der Waals surface area contributed by atoms with Crippen molar-refractivity contribution in [3.05, 3.63) is 77.9 Å². The van der Waals surface area contributed by atoms with Crippen LogP contribution in [0.4, 0.5) is 29.9 Å². The third-order valence-electron chi connectivity index (χ3n) is 5.35. The van der Waals surface area contributed by atoms with Crippen molar-refractivity contribution in [3.63, 3.8) is 0 Å². The molecule has 0 spiro atoms. The van der Waals surface area contributed by atoms with Crippen LogP contribution in [0.15, 0.2) is 71.6 Å². The minimum atomic E-state index is -10.0. The Balaban J connectivity index is 1.69. The zero-order valence-corrected chi connectivity index (χ0v) is 17.6. The normalized spacial score (nSPS) is 19.8. The zero-order chi connectivity index (χ0) is 24.1. The lowest BCUT2D eigenvalue weighted by Gasteiger charge is -2.40. The van der Waals surface area contributed by atoms with Gasteiger partial charge in [0.1, 0.15) is 10.6 Å². The molecule has 0 unspecified atom stereocenters. The Bertz CT molecular complexity index is 1230. The van der Waals surface area contributed by atoms with E-state index in [9.17, 15) is 34.4 Å². The number of aliphatic hydroxyl groups excluding tert-OH is 1. The average molecular weight is 486 g/mol. The van der Waals surface area contributed by atoms with Gasteiger partial charge in [0.05, 0.1) is 17.8 Å². The maximum absolute atomic E-state index is 13.4. The fraction of sp³-hybridized carbons (Fsp3) is 0.136. The van der Waals surface area contributed by atoms with Crippen molar-refractivity contribution in [1.82, 2.24) is 5.32 Å². The fourth-order valence-corrected chi connectivity index (χ4v) is 4.47. The van der Waals surface area contributed by atoms with Crippen molar-refractivity contribution in [2.75, 3.05) is 5.32 Å². The number of phenols is 1. The molecule has 2 amide bonds. The molecule has 0 radical (unpaired) electrons. The maximum atomic E-state index is 13.4. The van der Waals surface area contributed by atoms with Crippen molar-refractivity contribution in [2.45, 2.75) is 23.5 Å². The molecule has 5 nitrogen and oxygen atoms in total. The van der Waals surface area contributed by atoms with E-state index in [2.05, 4.69) is 10.6 Å². The van der Waals surface area contributed by atoms with Gasteiger partial charge >= 0.3 is 16.3 Å². The Morgan fingerprint density at radius 3 is 2.27 bits per heavy atom. The van der Waals surface area contributed by atoms with E-state index in [1.165, 1.54) is 24.3 Å². The van der Waals surface area contributed by atoms with Gasteiger partial charge in [-0.25, -0.2) is 4.79 Å². The number of carbonyl (C=O) groups is 1. The van der Waals surface area contributed by atoms with Crippen LogP contribution in [-0.4, -0.2) is 22.3 Å². The maximum Gasteiger partial charge on any atom is 0.319 e. The molecule has 0 bridgehead atoms. The third-order valence-corrected chi connectivity index (χ3v) is 6.50. The van der Waals surface area contributed by atoms with Crippen molar-refractivity contribution in [3.8, 4) is 16.9 Å². The van der Waals surface area contributed by atoms with Crippen molar-refractivity contribution < 1.29 is 34.4 Å². The molecule has 0 aliphatic heterocycles. The number of hydrogen-bond acceptors (Lipinski definition) is 3. The average Bonchev–Trinajstić information content (AvgIpc) is 3.02. The Kier molecular flexibility index (Phi) is 4.92. The van der Waals surface area contributed by atoms with Gasteiger partial charge in [0.2, 0.25) is 0 Å². The van der Waals surface area contributed by atoms with E-state index in [4.69, 9.17) is 0 Å². The molecule has 0 heterocycles. The van der Waals surface area contributed by atoms with E-state index in [1.807, 2.05) is 0 Å². The summed E-state index contributed by atoms with van der Waals surface area (Å²) in [7, 11) is -10.0. The highest BCUT2D eigenvalue weighted by molar-refractivity contribution is 8.45. The first kappa shape index (κ1) is 22.9. The number of anilines is 1. The van der Waals surface area contributed by atoms with Crippen molar-refractivity contribution in [2.24, 2.45) is 0 Å². The van der Waals surface area contributed by atoms with E-state index < -0.39 is 39.0 Å². The molecular weight excluding hydrogens is 467 g/mol.